The van der Waals surface area contributed by atoms with E-state index in [1.165, 1.54) is 35.5 Å². The topological polar surface area (TPSA) is 40.5 Å². The van der Waals surface area contributed by atoms with Crippen molar-refractivity contribution >= 4 is 23.2 Å². The standard InChI is InChI=1S/C20H19F6NO2.C2H6.CH3Cl/c1-3-27(16-6-4-5-13(11-16)12-19(21,22)23)17(28)14-7-9-15(10-8-14)18(2,29)20(24,25)26;2*1-2/h4-11,29H,3,12H2,1-2H3;1-2H3;1H3. The summed E-state index contributed by atoms with van der Waals surface area (Å²) in [5.41, 5.74) is -3.25. The molecule has 0 fully saturated rings. The Morgan fingerprint density at radius 3 is 1.91 bits per heavy atom. The molecule has 186 valence electrons. The van der Waals surface area contributed by atoms with Crippen LogP contribution in [0.3, 0.4) is 0 Å². The van der Waals surface area contributed by atoms with Crippen LogP contribution in [0.1, 0.15) is 49.2 Å². The summed E-state index contributed by atoms with van der Waals surface area (Å²) in [4.78, 5) is 14.0. The predicted molar refractivity (Wildman–Crippen MR) is 119 cm³/mol. The summed E-state index contributed by atoms with van der Waals surface area (Å²) in [6.45, 7) is 6.36. The molecule has 0 aliphatic carbocycles. The monoisotopic (exact) mass is 499 g/mol. The average molecular weight is 500 g/mol. The fraction of sp³-hybridized carbons (Fsp3) is 0.435. The number of carbonyl (C=O) groups is 1. The summed E-state index contributed by atoms with van der Waals surface area (Å²) in [5, 5.41) is 9.70. The smallest absolute Gasteiger partial charge is 0.376 e. The van der Waals surface area contributed by atoms with E-state index in [0.717, 1.165) is 24.3 Å². The lowest BCUT2D eigenvalue weighted by atomic mass is 9.94. The molecule has 3 nitrogen and oxygen atoms in total. The molecule has 0 aromatic heterocycles. The maximum atomic E-state index is 12.9. The largest absolute Gasteiger partial charge is 0.421 e. The van der Waals surface area contributed by atoms with Crippen LogP contribution in [0.15, 0.2) is 48.5 Å². The molecule has 0 saturated heterocycles. The summed E-state index contributed by atoms with van der Waals surface area (Å²) in [6.07, 6.45) is -8.97. The summed E-state index contributed by atoms with van der Waals surface area (Å²) >= 11 is 4.64. The van der Waals surface area contributed by atoms with Crippen LogP contribution in [0.2, 0.25) is 0 Å². The van der Waals surface area contributed by atoms with Gasteiger partial charge in [-0.15, -0.1) is 11.6 Å². The third-order valence-electron chi connectivity index (χ3n) is 4.43. The number of nitrogens with zero attached hydrogens (tertiary/aromatic N) is 1. The number of carbonyl (C=O) groups excluding carboxylic acids is 1. The van der Waals surface area contributed by atoms with Gasteiger partial charge >= 0.3 is 12.4 Å². The van der Waals surface area contributed by atoms with Crippen molar-refractivity contribution in [1.29, 1.82) is 0 Å². The van der Waals surface area contributed by atoms with Gasteiger partial charge in [-0.1, -0.05) is 38.1 Å². The number of alkyl halides is 7. The van der Waals surface area contributed by atoms with E-state index in [1.54, 1.807) is 6.92 Å². The van der Waals surface area contributed by atoms with E-state index < -0.39 is 35.8 Å². The third kappa shape index (κ3) is 8.55. The zero-order valence-electron chi connectivity index (χ0n) is 19.0. The first-order valence-corrected chi connectivity index (χ1v) is 10.8. The molecule has 0 radical (unpaired) electrons. The second-order valence-electron chi connectivity index (χ2n) is 6.66. The van der Waals surface area contributed by atoms with E-state index in [1.807, 2.05) is 13.8 Å². The molecule has 1 amide bonds. The van der Waals surface area contributed by atoms with Crippen molar-refractivity contribution < 1.29 is 36.2 Å². The minimum atomic E-state index is -4.90. The molecule has 2 aromatic carbocycles. The van der Waals surface area contributed by atoms with Crippen molar-refractivity contribution in [3.63, 3.8) is 0 Å². The highest BCUT2D eigenvalue weighted by Gasteiger charge is 2.51. The van der Waals surface area contributed by atoms with E-state index in [0.29, 0.717) is 6.92 Å². The number of benzene rings is 2. The van der Waals surface area contributed by atoms with Crippen LogP contribution < -0.4 is 4.90 Å². The van der Waals surface area contributed by atoms with E-state index in [4.69, 9.17) is 0 Å². The Hall–Kier alpha value is -2.26. The molecular weight excluding hydrogens is 472 g/mol. The van der Waals surface area contributed by atoms with Crippen molar-refractivity contribution in [2.24, 2.45) is 0 Å². The quantitative estimate of drug-likeness (QED) is 0.352. The normalized spacial score (nSPS) is 13.0. The Labute approximate surface area is 195 Å². The number of amides is 1. The first kappa shape index (κ1) is 30.7. The van der Waals surface area contributed by atoms with Gasteiger partial charge < -0.3 is 10.0 Å². The minimum absolute atomic E-state index is 0.0159. The SMILES string of the molecule is CC.CCN(C(=O)c1ccc(C(C)(O)C(F)(F)F)cc1)c1cccc(CC(F)(F)F)c1.CCl. The Morgan fingerprint density at radius 2 is 1.48 bits per heavy atom. The van der Waals surface area contributed by atoms with Crippen LogP contribution in [0.5, 0.6) is 0 Å². The van der Waals surface area contributed by atoms with Gasteiger partial charge in [-0.25, -0.2) is 0 Å². The summed E-state index contributed by atoms with van der Waals surface area (Å²) < 4.78 is 76.6. The summed E-state index contributed by atoms with van der Waals surface area (Å²) in [7, 11) is 0. The highest BCUT2D eigenvalue weighted by Crippen LogP contribution is 2.38. The fourth-order valence-corrected chi connectivity index (χ4v) is 2.77. The molecule has 0 heterocycles. The number of anilines is 1. The third-order valence-corrected chi connectivity index (χ3v) is 4.43. The molecule has 0 spiro atoms. The molecule has 2 rings (SSSR count). The molecule has 0 saturated carbocycles. The molecule has 10 heteroatoms. The van der Waals surface area contributed by atoms with Crippen molar-refractivity contribution in [3.8, 4) is 0 Å². The van der Waals surface area contributed by atoms with E-state index in [9.17, 15) is 36.2 Å². The lowest BCUT2D eigenvalue weighted by Crippen LogP contribution is -2.39. The van der Waals surface area contributed by atoms with Crippen LogP contribution in [-0.4, -0.2) is 36.3 Å². The molecule has 33 heavy (non-hydrogen) atoms. The number of hydrogen-bond acceptors (Lipinski definition) is 2. The Kier molecular flexibility index (Phi) is 12.0. The molecule has 0 bridgehead atoms. The van der Waals surface area contributed by atoms with Crippen molar-refractivity contribution in [2.75, 3.05) is 17.8 Å². The van der Waals surface area contributed by atoms with Gasteiger partial charge in [0.2, 0.25) is 0 Å². The molecule has 1 N–H and O–H groups in total. The van der Waals surface area contributed by atoms with Gasteiger partial charge in [-0.2, -0.15) is 26.3 Å². The zero-order chi connectivity index (χ0) is 26.0. The Bertz CT molecular complexity index is 864. The molecule has 0 aliphatic heterocycles. The van der Waals surface area contributed by atoms with Crippen LogP contribution in [0, 0.1) is 0 Å². The molecular formula is C23H28ClF6NO2. The molecule has 1 atom stereocenters. The van der Waals surface area contributed by atoms with Gasteiger partial charge in [-0.05, 0) is 49.2 Å². The van der Waals surface area contributed by atoms with E-state index in [-0.39, 0.29) is 23.4 Å². The van der Waals surface area contributed by atoms with Crippen LogP contribution in [0.25, 0.3) is 0 Å². The maximum absolute atomic E-state index is 12.9. The predicted octanol–water partition coefficient (Wildman–Crippen LogP) is 7.11. The maximum Gasteiger partial charge on any atom is 0.421 e. The highest BCUT2D eigenvalue weighted by atomic mass is 35.5. The second kappa shape index (κ2) is 12.8. The molecule has 1 unspecified atom stereocenters. The fourth-order valence-electron chi connectivity index (χ4n) is 2.77. The first-order chi connectivity index (χ1) is 15.3. The number of hydrogen-bond donors (Lipinski definition) is 1. The molecule has 0 aliphatic rings. The minimum Gasteiger partial charge on any atom is -0.376 e. The Balaban J connectivity index is 0.00000242. The van der Waals surface area contributed by atoms with Crippen molar-refractivity contribution in [1.82, 2.24) is 0 Å². The van der Waals surface area contributed by atoms with E-state index >= 15 is 0 Å². The average Bonchev–Trinajstić information content (AvgIpc) is 2.75. The van der Waals surface area contributed by atoms with Crippen molar-refractivity contribution in [2.45, 2.75) is 52.1 Å². The van der Waals surface area contributed by atoms with E-state index in [2.05, 4.69) is 11.6 Å². The van der Waals surface area contributed by atoms with Crippen LogP contribution in [-0.2, 0) is 12.0 Å². The second-order valence-corrected chi connectivity index (χ2v) is 6.66. The van der Waals surface area contributed by atoms with Gasteiger partial charge in [0.15, 0.2) is 5.60 Å². The lowest BCUT2D eigenvalue weighted by Gasteiger charge is -2.27. The Morgan fingerprint density at radius 1 is 0.970 bits per heavy atom. The van der Waals surface area contributed by atoms with Crippen molar-refractivity contribution in [3.05, 3.63) is 65.2 Å². The summed E-state index contributed by atoms with van der Waals surface area (Å²) in [6, 6.07) is 9.69. The number of halogens is 7. The van der Waals surface area contributed by atoms with Gasteiger partial charge in [0.05, 0.1) is 6.42 Å². The first-order valence-electron chi connectivity index (χ1n) is 10.0. The lowest BCUT2D eigenvalue weighted by molar-refractivity contribution is -0.258. The van der Waals surface area contributed by atoms with Gasteiger partial charge in [-0.3, -0.25) is 4.79 Å². The number of aliphatic hydroxyl groups is 1. The zero-order valence-corrected chi connectivity index (χ0v) is 19.7. The highest BCUT2D eigenvalue weighted by molar-refractivity contribution is 6.15. The number of rotatable bonds is 5. The van der Waals surface area contributed by atoms with Gasteiger partial charge in [0.1, 0.15) is 0 Å². The van der Waals surface area contributed by atoms with Crippen LogP contribution in [0.4, 0.5) is 32.0 Å². The summed E-state index contributed by atoms with van der Waals surface area (Å²) in [5.74, 6) is -0.588. The van der Waals surface area contributed by atoms with Gasteiger partial charge in [0.25, 0.3) is 5.91 Å². The van der Waals surface area contributed by atoms with Crippen LogP contribution >= 0.6 is 11.6 Å². The molecule has 2 aromatic rings. The van der Waals surface area contributed by atoms with Gasteiger partial charge in [0, 0.05) is 24.2 Å².